The summed E-state index contributed by atoms with van der Waals surface area (Å²) in [5.41, 5.74) is 7.70. The number of nitriles is 1. The van der Waals surface area contributed by atoms with Gasteiger partial charge in [0.1, 0.15) is 0 Å². The highest BCUT2D eigenvalue weighted by atomic mass is 15.0. The lowest BCUT2D eigenvalue weighted by Gasteiger charge is -2.11. The van der Waals surface area contributed by atoms with Crippen molar-refractivity contribution in [1.82, 2.24) is 29.9 Å². The molecule has 0 atom stereocenters. The van der Waals surface area contributed by atoms with E-state index in [0.717, 1.165) is 49.7 Å². The summed E-state index contributed by atoms with van der Waals surface area (Å²) in [7, 11) is 0. The number of fused-ring (bicyclic) bond motifs is 1. The molecule has 0 saturated carbocycles. The molecule has 0 fully saturated rings. The molecule has 0 radical (unpaired) electrons. The Kier molecular flexibility index (Phi) is 8.44. The highest BCUT2D eigenvalue weighted by molar-refractivity contribution is 5.87. The van der Waals surface area contributed by atoms with Crippen molar-refractivity contribution in [2.45, 2.75) is 0 Å². The molecule has 7 heteroatoms. The molecule has 252 valence electrons. The van der Waals surface area contributed by atoms with Gasteiger partial charge in [0.15, 0.2) is 34.9 Å². The molecule has 54 heavy (non-hydrogen) atoms. The molecule has 0 spiro atoms. The number of aromatic nitrogens is 6. The van der Waals surface area contributed by atoms with Crippen molar-refractivity contribution in [3.63, 3.8) is 0 Å². The van der Waals surface area contributed by atoms with Crippen LogP contribution in [0.4, 0.5) is 0 Å². The summed E-state index contributed by atoms with van der Waals surface area (Å²) in [6, 6.07) is 60.4. The minimum atomic E-state index is 0.448. The summed E-state index contributed by atoms with van der Waals surface area (Å²) in [6.07, 6.45) is 0. The zero-order valence-corrected chi connectivity index (χ0v) is 28.9. The zero-order valence-electron chi connectivity index (χ0n) is 28.9. The van der Waals surface area contributed by atoms with E-state index in [-0.39, 0.29) is 0 Å². The minimum Gasteiger partial charge on any atom is -0.208 e. The Morgan fingerprint density at radius 2 is 0.667 bits per heavy atom. The molecule has 0 N–H and O–H groups in total. The Labute approximate surface area is 312 Å². The van der Waals surface area contributed by atoms with Gasteiger partial charge in [0.05, 0.1) is 11.6 Å². The third-order valence-electron chi connectivity index (χ3n) is 9.25. The van der Waals surface area contributed by atoms with Gasteiger partial charge in [0, 0.05) is 33.4 Å². The number of hydrogen-bond acceptors (Lipinski definition) is 7. The molecule has 0 bridgehead atoms. The number of benzene rings is 7. The van der Waals surface area contributed by atoms with Crippen LogP contribution in [0.15, 0.2) is 176 Å². The molecule has 2 heterocycles. The molecular formula is C47H29N7. The fourth-order valence-corrected chi connectivity index (χ4v) is 6.42. The number of rotatable bonds is 7. The molecule has 0 amide bonds. The van der Waals surface area contributed by atoms with Gasteiger partial charge in [0.25, 0.3) is 0 Å². The van der Waals surface area contributed by atoms with E-state index in [1.54, 1.807) is 6.07 Å². The Morgan fingerprint density at radius 3 is 1.19 bits per heavy atom. The average molecular weight is 692 g/mol. The largest absolute Gasteiger partial charge is 0.208 e. The summed E-state index contributed by atoms with van der Waals surface area (Å²) in [6.45, 7) is 0. The second-order valence-electron chi connectivity index (χ2n) is 12.7. The van der Waals surface area contributed by atoms with Crippen molar-refractivity contribution in [1.29, 1.82) is 5.26 Å². The van der Waals surface area contributed by atoms with E-state index in [2.05, 4.69) is 54.6 Å². The van der Waals surface area contributed by atoms with E-state index in [9.17, 15) is 5.26 Å². The fraction of sp³-hybridized carbons (Fsp3) is 0. The van der Waals surface area contributed by atoms with Gasteiger partial charge in [-0.2, -0.15) is 5.26 Å². The first-order chi connectivity index (χ1) is 26.7. The van der Waals surface area contributed by atoms with Gasteiger partial charge < -0.3 is 0 Å². The van der Waals surface area contributed by atoms with E-state index in [4.69, 9.17) is 29.9 Å². The van der Waals surface area contributed by atoms with Crippen LogP contribution in [-0.2, 0) is 0 Å². The first-order valence-electron chi connectivity index (χ1n) is 17.5. The molecule has 9 aromatic rings. The quantitative estimate of drug-likeness (QED) is 0.164. The Morgan fingerprint density at radius 1 is 0.296 bits per heavy atom. The second kappa shape index (κ2) is 14.1. The smallest absolute Gasteiger partial charge is 0.165 e. The van der Waals surface area contributed by atoms with Gasteiger partial charge in [-0.05, 0) is 40.1 Å². The lowest BCUT2D eigenvalue weighted by atomic mass is 10.0. The van der Waals surface area contributed by atoms with Crippen LogP contribution < -0.4 is 0 Å². The maximum Gasteiger partial charge on any atom is 0.165 e. The van der Waals surface area contributed by atoms with Crippen LogP contribution in [0.5, 0.6) is 0 Å². The normalized spacial score (nSPS) is 10.9. The first-order valence-corrected chi connectivity index (χ1v) is 17.5. The van der Waals surface area contributed by atoms with Gasteiger partial charge in [-0.1, -0.05) is 158 Å². The summed E-state index contributed by atoms with van der Waals surface area (Å²) in [5.74, 6) is 3.37. The van der Waals surface area contributed by atoms with Crippen LogP contribution in [0, 0.1) is 11.3 Å². The van der Waals surface area contributed by atoms with Gasteiger partial charge >= 0.3 is 0 Å². The summed E-state index contributed by atoms with van der Waals surface area (Å²) >= 11 is 0. The Hall–Kier alpha value is -7.69. The standard InChI is InChI=1S/C47H29N7/c48-30-40-17-9-10-18-41(40)47-53-45(52-46(54-47)39-28-23-31-11-7-8-16-38(31)29-39)37-26-21-33(22-27-37)32-19-24-36(25-20-32)44-50-42(34-12-3-1-4-13-34)49-43(51-44)35-14-5-2-6-15-35/h1-29H. The van der Waals surface area contributed by atoms with Crippen LogP contribution in [-0.4, -0.2) is 29.9 Å². The lowest BCUT2D eigenvalue weighted by molar-refractivity contribution is 1.07. The van der Waals surface area contributed by atoms with Crippen molar-refractivity contribution in [3.8, 4) is 85.5 Å². The summed E-state index contributed by atoms with van der Waals surface area (Å²) in [4.78, 5) is 29.3. The van der Waals surface area contributed by atoms with E-state index in [1.807, 2.05) is 121 Å². The first kappa shape index (κ1) is 32.2. The van der Waals surface area contributed by atoms with Crippen LogP contribution in [0.25, 0.3) is 90.2 Å². The zero-order chi connectivity index (χ0) is 36.3. The van der Waals surface area contributed by atoms with Gasteiger partial charge in [-0.3, -0.25) is 0 Å². The van der Waals surface area contributed by atoms with Crippen molar-refractivity contribution in [2.24, 2.45) is 0 Å². The molecule has 0 saturated heterocycles. The van der Waals surface area contributed by atoms with E-state index in [1.165, 1.54) is 0 Å². The van der Waals surface area contributed by atoms with Gasteiger partial charge in [-0.25, -0.2) is 29.9 Å². The fourth-order valence-electron chi connectivity index (χ4n) is 6.42. The topological polar surface area (TPSA) is 101 Å². The monoisotopic (exact) mass is 691 g/mol. The summed E-state index contributed by atoms with van der Waals surface area (Å²) < 4.78 is 0. The van der Waals surface area contributed by atoms with Crippen LogP contribution in [0.3, 0.4) is 0 Å². The van der Waals surface area contributed by atoms with Gasteiger partial charge in [0.2, 0.25) is 0 Å². The van der Waals surface area contributed by atoms with Crippen molar-refractivity contribution in [2.75, 3.05) is 0 Å². The third kappa shape index (κ3) is 6.47. The van der Waals surface area contributed by atoms with Crippen molar-refractivity contribution >= 4 is 10.8 Å². The lowest BCUT2D eigenvalue weighted by Crippen LogP contribution is -2.01. The molecule has 0 unspecified atom stereocenters. The second-order valence-corrected chi connectivity index (χ2v) is 12.7. The number of nitrogens with zero attached hydrogens (tertiary/aromatic N) is 7. The molecular weight excluding hydrogens is 663 g/mol. The Bertz CT molecular complexity index is 2750. The minimum absolute atomic E-state index is 0.448. The average Bonchev–Trinajstić information content (AvgIpc) is 3.26. The van der Waals surface area contributed by atoms with Gasteiger partial charge in [-0.15, -0.1) is 0 Å². The highest BCUT2D eigenvalue weighted by Crippen LogP contribution is 2.31. The maximum absolute atomic E-state index is 9.88. The van der Waals surface area contributed by atoms with Crippen molar-refractivity contribution < 1.29 is 0 Å². The third-order valence-corrected chi connectivity index (χ3v) is 9.25. The van der Waals surface area contributed by atoms with Crippen LogP contribution >= 0.6 is 0 Å². The van der Waals surface area contributed by atoms with E-state index < -0.39 is 0 Å². The molecule has 0 aliphatic rings. The highest BCUT2D eigenvalue weighted by Gasteiger charge is 2.16. The molecule has 9 rings (SSSR count). The number of hydrogen-bond donors (Lipinski definition) is 0. The predicted octanol–water partition coefficient (Wildman–Crippen LogP) is 10.8. The van der Waals surface area contributed by atoms with Crippen LogP contribution in [0.2, 0.25) is 0 Å². The maximum atomic E-state index is 9.88. The van der Waals surface area contributed by atoms with E-state index >= 15 is 0 Å². The molecule has 7 aromatic carbocycles. The van der Waals surface area contributed by atoms with Crippen molar-refractivity contribution in [3.05, 3.63) is 181 Å². The van der Waals surface area contributed by atoms with E-state index in [0.29, 0.717) is 46.1 Å². The predicted molar refractivity (Wildman–Crippen MR) is 213 cm³/mol. The molecule has 7 nitrogen and oxygen atoms in total. The molecule has 0 aliphatic carbocycles. The molecule has 0 aliphatic heterocycles. The Balaban J connectivity index is 1.06. The molecule has 2 aromatic heterocycles. The SMILES string of the molecule is N#Cc1ccccc1-c1nc(-c2ccc(-c3ccc(-c4nc(-c5ccccc5)nc(-c5ccccc5)n4)cc3)cc2)nc(-c2ccc3ccccc3c2)n1. The summed E-state index contributed by atoms with van der Waals surface area (Å²) in [5, 5.41) is 12.1. The van der Waals surface area contributed by atoms with Crippen LogP contribution in [0.1, 0.15) is 5.56 Å².